The lowest BCUT2D eigenvalue weighted by Crippen LogP contribution is -2.23. The molecule has 1 aromatic rings. The van der Waals surface area contributed by atoms with Gasteiger partial charge in [-0.2, -0.15) is 0 Å². The lowest BCUT2D eigenvalue weighted by Gasteiger charge is -2.09. The second-order valence-corrected chi connectivity index (χ2v) is 5.87. The van der Waals surface area contributed by atoms with Gasteiger partial charge in [-0.1, -0.05) is 11.8 Å². The summed E-state index contributed by atoms with van der Waals surface area (Å²) in [5.41, 5.74) is 5.93. The lowest BCUT2D eigenvalue weighted by atomic mass is 10.2. The van der Waals surface area contributed by atoms with Crippen LogP contribution in [0.3, 0.4) is 0 Å². The minimum Gasteiger partial charge on any atom is -0.320 e. The summed E-state index contributed by atoms with van der Waals surface area (Å²) in [6, 6.07) is 3.26. The van der Waals surface area contributed by atoms with Gasteiger partial charge in [0.15, 0.2) is 0 Å². The minimum atomic E-state index is -3.37. The Morgan fingerprint density at radius 1 is 1.53 bits per heavy atom. The highest BCUT2D eigenvalue weighted by Gasteiger charge is 2.15. The summed E-state index contributed by atoms with van der Waals surface area (Å²) in [5.74, 6) is 5.77. The molecule has 0 fully saturated rings. The predicted molar refractivity (Wildman–Crippen MR) is 67.8 cm³/mol. The summed E-state index contributed by atoms with van der Waals surface area (Å²) in [5, 5.41) is -0.511. The van der Waals surface area contributed by atoms with Gasteiger partial charge in [0.25, 0.3) is 0 Å². The fourth-order valence-electron chi connectivity index (χ4n) is 0.981. The Balaban J connectivity index is 2.94. The highest BCUT2D eigenvalue weighted by molar-refractivity contribution is 7.93. The molecule has 6 heteroatoms. The number of nitrogens with two attached hydrogens (primary N) is 1. The summed E-state index contributed by atoms with van der Waals surface area (Å²) in [6.07, 6.45) is 1.50. The third kappa shape index (κ3) is 4.06. The smallest absolute Gasteiger partial charge is 0.236 e. The van der Waals surface area contributed by atoms with Crippen molar-refractivity contribution >= 4 is 15.8 Å². The molecule has 1 heterocycles. The highest BCUT2D eigenvalue weighted by Crippen LogP contribution is 2.10. The monoisotopic (exact) mass is 253 g/mol. The van der Waals surface area contributed by atoms with E-state index in [4.69, 9.17) is 5.73 Å². The van der Waals surface area contributed by atoms with Gasteiger partial charge >= 0.3 is 0 Å². The van der Waals surface area contributed by atoms with Crippen LogP contribution in [0.25, 0.3) is 0 Å². The average Bonchev–Trinajstić information content (AvgIpc) is 2.26. The van der Waals surface area contributed by atoms with E-state index in [0.29, 0.717) is 5.56 Å². The van der Waals surface area contributed by atoms with Crippen LogP contribution in [0.4, 0.5) is 5.82 Å². The maximum Gasteiger partial charge on any atom is 0.236 e. The molecule has 0 amide bonds. The fraction of sp³-hybridized carbons (Fsp3) is 0.364. The van der Waals surface area contributed by atoms with Crippen molar-refractivity contribution in [2.75, 3.05) is 11.3 Å². The first-order chi connectivity index (χ1) is 7.95. The van der Waals surface area contributed by atoms with E-state index in [1.54, 1.807) is 26.0 Å². The van der Waals surface area contributed by atoms with E-state index in [1.807, 2.05) is 0 Å². The maximum absolute atomic E-state index is 11.6. The normalized spacial score (nSPS) is 10.8. The molecule has 0 aliphatic heterocycles. The van der Waals surface area contributed by atoms with Crippen LogP contribution in [0.2, 0.25) is 0 Å². The number of hydrogen-bond donors (Lipinski definition) is 2. The Morgan fingerprint density at radius 2 is 2.24 bits per heavy atom. The zero-order valence-corrected chi connectivity index (χ0v) is 10.6. The van der Waals surface area contributed by atoms with Crippen LogP contribution in [0, 0.1) is 11.8 Å². The van der Waals surface area contributed by atoms with Crippen molar-refractivity contribution in [2.24, 2.45) is 5.73 Å². The molecule has 1 rings (SSSR count). The van der Waals surface area contributed by atoms with E-state index >= 15 is 0 Å². The number of nitrogens with one attached hydrogen (secondary N) is 1. The Labute approximate surface area is 101 Å². The third-order valence-corrected chi connectivity index (χ3v) is 3.70. The third-order valence-electron chi connectivity index (χ3n) is 1.96. The van der Waals surface area contributed by atoms with Crippen molar-refractivity contribution < 1.29 is 8.42 Å². The SMILES string of the molecule is CC(C)S(=O)(=O)Nc1cc(C#CCN)ccn1. The molecule has 3 N–H and O–H groups in total. The van der Waals surface area contributed by atoms with Crippen LogP contribution in [-0.2, 0) is 10.0 Å². The quantitative estimate of drug-likeness (QED) is 0.770. The number of rotatable bonds is 3. The molecule has 0 radical (unpaired) electrons. The Bertz CT molecular complexity index is 541. The largest absolute Gasteiger partial charge is 0.320 e. The summed E-state index contributed by atoms with van der Waals surface area (Å²) in [4.78, 5) is 3.93. The molecule has 0 saturated heterocycles. The first-order valence-corrected chi connectivity index (χ1v) is 6.67. The van der Waals surface area contributed by atoms with Gasteiger partial charge in [0.2, 0.25) is 10.0 Å². The molecule has 0 spiro atoms. The van der Waals surface area contributed by atoms with Gasteiger partial charge in [0.1, 0.15) is 5.82 Å². The zero-order valence-electron chi connectivity index (χ0n) is 9.77. The Morgan fingerprint density at radius 3 is 2.82 bits per heavy atom. The first kappa shape index (κ1) is 13.5. The number of anilines is 1. The number of nitrogens with zero attached hydrogens (tertiary/aromatic N) is 1. The van der Waals surface area contributed by atoms with Gasteiger partial charge in [-0.15, -0.1) is 0 Å². The van der Waals surface area contributed by atoms with E-state index in [0.717, 1.165) is 0 Å². The van der Waals surface area contributed by atoms with Crippen molar-refractivity contribution in [1.82, 2.24) is 4.98 Å². The number of pyridine rings is 1. The molecule has 0 unspecified atom stereocenters. The van der Waals surface area contributed by atoms with Crippen molar-refractivity contribution in [3.8, 4) is 11.8 Å². The predicted octanol–water partition coefficient (Wildman–Crippen LogP) is 0.542. The second kappa shape index (κ2) is 5.66. The second-order valence-electron chi connectivity index (χ2n) is 3.63. The van der Waals surface area contributed by atoms with E-state index in [9.17, 15) is 8.42 Å². The van der Waals surface area contributed by atoms with E-state index in [-0.39, 0.29) is 12.4 Å². The van der Waals surface area contributed by atoms with Gasteiger partial charge in [0.05, 0.1) is 11.8 Å². The van der Waals surface area contributed by atoms with Crippen LogP contribution >= 0.6 is 0 Å². The molecule has 92 valence electrons. The maximum atomic E-state index is 11.6. The van der Waals surface area contributed by atoms with Crippen LogP contribution in [0.15, 0.2) is 18.3 Å². The topological polar surface area (TPSA) is 85.1 Å². The zero-order chi connectivity index (χ0) is 12.9. The molecule has 0 aliphatic rings. The Kier molecular flexibility index (Phi) is 4.49. The molecule has 0 aliphatic carbocycles. The molecule has 0 aromatic carbocycles. The number of aromatic nitrogens is 1. The number of sulfonamides is 1. The lowest BCUT2D eigenvalue weighted by molar-refractivity contribution is 0.592. The minimum absolute atomic E-state index is 0.259. The van der Waals surface area contributed by atoms with Gasteiger partial charge in [-0.05, 0) is 26.0 Å². The molecular formula is C11H15N3O2S. The van der Waals surface area contributed by atoms with E-state index in [2.05, 4.69) is 21.5 Å². The molecule has 1 aromatic heterocycles. The van der Waals surface area contributed by atoms with E-state index < -0.39 is 15.3 Å². The first-order valence-electron chi connectivity index (χ1n) is 5.12. The van der Waals surface area contributed by atoms with Crippen molar-refractivity contribution in [3.63, 3.8) is 0 Å². The summed E-state index contributed by atoms with van der Waals surface area (Å²) in [6.45, 7) is 3.45. The van der Waals surface area contributed by atoms with Crippen LogP contribution in [-0.4, -0.2) is 25.2 Å². The van der Waals surface area contributed by atoms with Gasteiger partial charge in [-0.3, -0.25) is 4.72 Å². The molecule has 5 nitrogen and oxygen atoms in total. The standard InChI is InChI=1S/C11H15N3O2S/c1-9(2)17(15,16)14-11-8-10(4-3-6-12)5-7-13-11/h5,7-9H,6,12H2,1-2H3,(H,13,14). The van der Waals surface area contributed by atoms with Crippen molar-refractivity contribution in [1.29, 1.82) is 0 Å². The van der Waals surface area contributed by atoms with Crippen LogP contribution < -0.4 is 10.5 Å². The van der Waals surface area contributed by atoms with Crippen molar-refractivity contribution in [2.45, 2.75) is 19.1 Å². The van der Waals surface area contributed by atoms with Gasteiger partial charge < -0.3 is 5.73 Å². The van der Waals surface area contributed by atoms with Crippen LogP contribution in [0.5, 0.6) is 0 Å². The fourth-order valence-corrected chi connectivity index (χ4v) is 1.62. The highest BCUT2D eigenvalue weighted by atomic mass is 32.2. The average molecular weight is 253 g/mol. The van der Waals surface area contributed by atoms with Crippen LogP contribution in [0.1, 0.15) is 19.4 Å². The van der Waals surface area contributed by atoms with E-state index in [1.165, 1.54) is 6.20 Å². The Hall–Kier alpha value is -1.58. The molecule has 17 heavy (non-hydrogen) atoms. The van der Waals surface area contributed by atoms with Gasteiger partial charge in [0, 0.05) is 11.8 Å². The summed E-state index contributed by atoms with van der Waals surface area (Å²) < 4.78 is 25.6. The molecule has 0 bridgehead atoms. The summed E-state index contributed by atoms with van der Waals surface area (Å²) >= 11 is 0. The molecule has 0 saturated carbocycles. The van der Waals surface area contributed by atoms with Gasteiger partial charge in [-0.25, -0.2) is 13.4 Å². The number of hydrogen-bond acceptors (Lipinski definition) is 4. The summed E-state index contributed by atoms with van der Waals surface area (Å²) in [7, 11) is -3.37. The molecular weight excluding hydrogens is 238 g/mol. The molecule has 0 atom stereocenters. The van der Waals surface area contributed by atoms with Crippen molar-refractivity contribution in [3.05, 3.63) is 23.9 Å².